The molecule has 1 fully saturated rings. The second-order valence-electron chi connectivity index (χ2n) is 6.44. The Morgan fingerprint density at radius 2 is 1.77 bits per heavy atom. The topological polar surface area (TPSA) is 93.7 Å². The van der Waals surface area contributed by atoms with Crippen molar-refractivity contribution in [3.8, 4) is 11.5 Å². The maximum atomic E-state index is 14.4. The summed E-state index contributed by atoms with van der Waals surface area (Å²) in [5, 5.41) is 5.71. The van der Waals surface area contributed by atoms with Crippen LogP contribution in [0.4, 0.5) is 4.39 Å². The molecule has 1 saturated heterocycles. The highest BCUT2D eigenvalue weighted by molar-refractivity contribution is 7.92. The number of carbonyl (C=O) groups is 1. The molecule has 0 aromatic heterocycles. The lowest BCUT2D eigenvalue weighted by atomic mass is 9.95. The van der Waals surface area contributed by atoms with Gasteiger partial charge in [-0.25, -0.2) is 12.8 Å². The monoisotopic (exact) mass is 388 g/mol. The molecule has 2 rings (SSSR count). The van der Waals surface area contributed by atoms with Gasteiger partial charge in [0, 0.05) is 17.9 Å². The van der Waals surface area contributed by atoms with Gasteiger partial charge in [0.05, 0.1) is 20.3 Å². The van der Waals surface area contributed by atoms with Crippen LogP contribution in [0.25, 0.3) is 0 Å². The molecule has 1 aliphatic heterocycles. The first-order valence-corrected chi connectivity index (χ1v) is 10.2. The molecule has 9 heteroatoms. The summed E-state index contributed by atoms with van der Waals surface area (Å²) in [6, 6.07) is 1.87. The van der Waals surface area contributed by atoms with Gasteiger partial charge in [0.2, 0.25) is 5.91 Å². The average Bonchev–Trinajstić information content (AvgIpc) is 2.60. The van der Waals surface area contributed by atoms with Crippen LogP contribution in [0.15, 0.2) is 12.1 Å². The highest BCUT2D eigenvalue weighted by Gasteiger charge is 2.49. The van der Waals surface area contributed by atoms with Crippen LogP contribution in [0.5, 0.6) is 11.5 Å². The summed E-state index contributed by atoms with van der Waals surface area (Å²) < 4.78 is 47.8. The number of methoxy groups -OCH3 is 2. The van der Waals surface area contributed by atoms with E-state index >= 15 is 0 Å². The first-order chi connectivity index (χ1) is 12.2. The number of rotatable bonds is 6. The molecule has 7 nitrogen and oxygen atoms in total. The van der Waals surface area contributed by atoms with Crippen molar-refractivity contribution in [1.29, 1.82) is 0 Å². The zero-order valence-corrected chi connectivity index (χ0v) is 16.2. The molecule has 0 aliphatic carbocycles. The number of piperidine rings is 1. The molecule has 1 aliphatic rings. The third-order valence-electron chi connectivity index (χ3n) is 4.85. The second kappa shape index (κ2) is 7.79. The van der Waals surface area contributed by atoms with E-state index in [1.54, 1.807) is 6.92 Å². The Hall–Kier alpha value is -1.87. The van der Waals surface area contributed by atoms with E-state index in [0.717, 1.165) is 6.26 Å². The molecule has 146 valence electrons. The number of hydrogen-bond acceptors (Lipinski definition) is 6. The van der Waals surface area contributed by atoms with E-state index in [1.165, 1.54) is 26.4 Å². The molecule has 1 unspecified atom stereocenters. The van der Waals surface area contributed by atoms with Gasteiger partial charge in [-0.3, -0.25) is 4.79 Å². The van der Waals surface area contributed by atoms with E-state index in [4.69, 9.17) is 9.47 Å². The van der Waals surface area contributed by atoms with E-state index < -0.39 is 32.4 Å². The maximum absolute atomic E-state index is 14.4. The van der Waals surface area contributed by atoms with E-state index in [9.17, 15) is 17.6 Å². The molecule has 0 saturated carbocycles. The largest absolute Gasteiger partial charge is 0.493 e. The number of amides is 1. The fourth-order valence-corrected chi connectivity index (χ4v) is 4.55. The maximum Gasteiger partial charge on any atom is 0.242 e. The standard InChI is InChI=1S/C17H25FN2O5S/c1-11(12-9-14(24-2)15(25-3)10-13(12)18)20-16(21)17(26(4,22)23)5-7-19-8-6-17/h9-11,19H,5-8H2,1-4H3,(H,20,21). The lowest BCUT2D eigenvalue weighted by molar-refractivity contribution is -0.125. The number of ether oxygens (including phenoxy) is 2. The minimum absolute atomic E-state index is 0.179. The van der Waals surface area contributed by atoms with Crippen LogP contribution in [-0.2, 0) is 14.6 Å². The van der Waals surface area contributed by atoms with Crippen molar-refractivity contribution in [2.45, 2.75) is 30.6 Å². The molecule has 1 atom stereocenters. The van der Waals surface area contributed by atoms with Crippen molar-refractivity contribution >= 4 is 15.7 Å². The Bertz CT molecular complexity index is 776. The summed E-state index contributed by atoms with van der Waals surface area (Å²) in [7, 11) is -0.814. The van der Waals surface area contributed by atoms with Crippen molar-refractivity contribution in [2.24, 2.45) is 0 Å². The summed E-state index contributed by atoms with van der Waals surface area (Å²) in [4.78, 5) is 12.8. The van der Waals surface area contributed by atoms with Crippen molar-refractivity contribution < 1.29 is 27.1 Å². The zero-order chi connectivity index (χ0) is 19.5. The van der Waals surface area contributed by atoms with E-state index in [1.807, 2.05) is 0 Å². The summed E-state index contributed by atoms with van der Waals surface area (Å²) in [5.74, 6) is -0.625. The summed E-state index contributed by atoms with van der Waals surface area (Å²) in [6.07, 6.45) is 1.43. The smallest absolute Gasteiger partial charge is 0.242 e. The Morgan fingerprint density at radius 1 is 1.23 bits per heavy atom. The van der Waals surface area contributed by atoms with Gasteiger partial charge in [0.25, 0.3) is 0 Å². The molecule has 2 N–H and O–H groups in total. The van der Waals surface area contributed by atoms with Crippen molar-refractivity contribution in [1.82, 2.24) is 10.6 Å². The molecule has 1 aromatic rings. The molecular formula is C17H25FN2O5S. The summed E-state index contributed by atoms with van der Waals surface area (Å²) in [6.45, 7) is 2.46. The SMILES string of the molecule is COc1cc(F)c(C(C)NC(=O)C2(S(C)(=O)=O)CCNCC2)cc1OC. The lowest BCUT2D eigenvalue weighted by Crippen LogP contribution is -2.57. The molecule has 0 bridgehead atoms. The fraction of sp³-hybridized carbons (Fsp3) is 0.588. The minimum Gasteiger partial charge on any atom is -0.493 e. The van der Waals surface area contributed by atoms with Gasteiger partial charge in [-0.05, 0) is 38.9 Å². The predicted octanol–water partition coefficient (Wildman–Crippen LogP) is 1.19. The molecule has 1 aromatic carbocycles. The summed E-state index contributed by atoms with van der Waals surface area (Å²) >= 11 is 0. The van der Waals surface area contributed by atoms with E-state index in [2.05, 4.69) is 10.6 Å². The van der Waals surface area contributed by atoms with Gasteiger partial charge < -0.3 is 20.1 Å². The van der Waals surface area contributed by atoms with Gasteiger partial charge >= 0.3 is 0 Å². The second-order valence-corrected chi connectivity index (χ2v) is 8.77. The van der Waals surface area contributed by atoms with E-state index in [-0.39, 0.29) is 24.2 Å². The number of carbonyl (C=O) groups excluding carboxylic acids is 1. The Balaban J connectivity index is 2.31. The zero-order valence-electron chi connectivity index (χ0n) is 15.4. The Kier molecular flexibility index (Phi) is 6.13. The fourth-order valence-electron chi connectivity index (χ4n) is 3.20. The average molecular weight is 388 g/mol. The van der Waals surface area contributed by atoms with Gasteiger partial charge in [0.1, 0.15) is 5.82 Å². The van der Waals surface area contributed by atoms with Crippen molar-refractivity contribution in [3.05, 3.63) is 23.5 Å². The number of nitrogens with one attached hydrogen (secondary N) is 2. The summed E-state index contributed by atoms with van der Waals surface area (Å²) in [5.41, 5.74) is 0.189. The molecular weight excluding hydrogens is 363 g/mol. The van der Waals surface area contributed by atoms with Crippen LogP contribution in [-0.4, -0.2) is 52.6 Å². The number of hydrogen-bond donors (Lipinski definition) is 2. The van der Waals surface area contributed by atoms with Crippen LogP contribution in [0.3, 0.4) is 0 Å². The molecule has 0 spiro atoms. The number of benzene rings is 1. The third kappa shape index (κ3) is 3.78. The highest BCUT2D eigenvalue weighted by Crippen LogP contribution is 2.33. The van der Waals surface area contributed by atoms with Crippen LogP contribution < -0.4 is 20.1 Å². The quantitative estimate of drug-likeness (QED) is 0.760. The van der Waals surface area contributed by atoms with Gasteiger partial charge in [-0.15, -0.1) is 0 Å². The predicted molar refractivity (Wildman–Crippen MR) is 95.7 cm³/mol. The van der Waals surface area contributed by atoms with Gasteiger partial charge in [0.15, 0.2) is 26.1 Å². The first kappa shape index (κ1) is 20.4. The van der Waals surface area contributed by atoms with Crippen LogP contribution in [0, 0.1) is 5.82 Å². The molecule has 0 radical (unpaired) electrons. The van der Waals surface area contributed by atoms with Crippen molar-refractivity contribution in [2.75, 3.05) is 33.6 Å². The third-order valence-corrected chi connectivity index (χ3v) is 6.86. The Morgan fingerprint density at radius 3 is 2.27 bits per heavy atom. The van der Waals surface area contributed by atoms with E-state index in [0.29, 0.717) is 18.8 Å². The van der Waals surface area contributed by atoms with Crippen LogP contribution in [0.2, 0.25) is 0 Å². The minimum atomic E-state index is -3.64. The Labute approximate surface area is 153 Å². The van der Waals surface area contributed by atoms with Crippen LogP contribution >= 0.6 is 0 Å². The molecule has 26 heavy (non-hydrogen) atoms. The van der Waals surface area contributed by atoms with Crippen LogP contribution in [0.1, 0.15) is 31.4 Å². The normalized spacial score (nSPS) is 18.0. The highest BCUT2D eigenvalue weighted by atomic mass is 32.2. The van der Waals surface area contributed by atoms with Crippen molar-refractivity contribution in [3.63, 3.8) is 0 Å². The number of halogens is 1. The number of sulfone groups is 1. The first-order valence-electron chi connectivity index (χ1n) is 8.29. The van der Waals surface area contributed by atoms with Gasteiger partial charge in [-0.2, -0.15) is 0 Å². The molecule has 1 heterocycles. The lowest BCUT2D eigenvalue weighted by Gasteiger charge is -2.35. The van der Waals surface area contributed by atoms with Gasteiger partial charge in [-0.1, -0.05) is 0 Å². The molecule has 1 amide bonds.